The molecule has 0 aliphatic carbocycles. The molecule has 5 nitrogen and oxygen atoms in total. The van der Waals surface area contributed by atoms with E-state index in [1.54, 1.807) is 12.4 Å². The fraction of sp³-hybridized carbons (Fsp3) is 0. The van der Waals surface area contributed by atoms with Gasteiger partial charge in [0.05, 0.1) is 6.21 Å². The Kier molecular flexibility index (Phi) is 5.95. The summed E-state index contributed by atoms with van der Waals surface area (Å²) < 4.78 is 5.83. The number of ether oxygens (including phenoxy) is 1. The Morgan fingerprint density at radius 1 is 0.788 bits per heavy atom. The number of nitrogens with one attached hydrogen (secondary N) is 1. The predicted octanol–water partition coefficient (Wildman–Crippen LogP) is 7.19. The molecule has 0 fully saturated rings. The van der Waals surface area contributed by atoms with Gasteiger partial charge >= 0.3 is 0 Å². The molecule has 6 heteroatoms. The van der Waals surface area contributed by atoms with E-state index in [-0.39, 0.29) is 0 Å². The predicted molar refractivity (Wildman–Crippen MR) is 134 cm³/mol. The maximum Gasteiger partial charge on any atom is 0.161 e. The molecule has 0 unspecified atom stereocenters. The summed E-state index contributed by atoms with van der Waals surface area (Å²) in [4.78, 5) is 9.03. The molecule has 0 radical (unpaired) electrons. The smallest absolute Gasteiger partial charge is 0.161 e. The van der Waals surface area contributed by atoms with Crippen LogP contribution >= 0.6 is 11.6 Å². The summed E-state index contributed by atoms with van der Waals surface area (Å²) in [5, 5.41) is 5.97. The average molecular weight is 451 g/mol. The molecule has 0 saturated carbocycles. The number of para-hydroxylation sites is 1. The number of fused-ring (bicyclic) bond motifs is 1. The third-order valence-electron chi connectivity index (χ3n) is 5.00. The number of benzene rings is 3. The summed E-state index contributed by atoms with van der Waals surface area (Å²) in [6.45, 7) is 0. The average Bonchev–Trinajstić information content (AvgIpc) is 2.86. The van der Waals surface area contributed by atoms with Crippen LogP contribution in [0.25, 0.3) is 22.2 Å². The Bertz CT molecular complexity index is 1420. The monoisotopic (exact) mass is 450 g/mol. The van der Waals surface area contributed by atoms with Crippen LogP contribution in [0.3, 0.4) is 0 Å². The molecular formula is C27H19ClN4O. The van der Waals surface area contributed by atoms with Crippen LogP contribution in [0.4, 0.5) is 5.82 Å². The minimum absolute atomic E-state index is 0.578. The van der Waals surface area contributed by atoms with E-state index in [1.165, 1.54) is 0 Å². The highest BCUT2D eigenvalue weighted by Gasteiger charge is 2.12. The van der Waals surface area contributed by atoms with Crippen molar-refractivity contribution < 1.29 is 4.74 Å². The first kappa shape index (κ1) is 20.7. The maximum absolute atomic E-state index is 6.46. The van der Waals surface area contributed by atoms with Gasteiger partial charge in [-0.25, -0.2) is 9.97 Å². The summed E-state index contributed by atoms with van der Waals surface area (Å²) in [6.07, 6.45) is 3.45. The topological polar surface area (TPSA) is 59.4 Å². The van der Waals surface area contributed by atoms with Gasteiger partial charge < -0.3 is 4.74 Å². The third-order valence-corrected chi connectivity index (χ3v) is 5.33. The zero-order chi connectivity index (χ0) is 22.5. The highest BCUT2D eigenvalue weighted by Crippen LogP contribution is 2.34. The quantitative estimate of drug-likeness (QED) is 0.220. The molecule has 33 heavy (non-hydrogen) atoms. The summed E-state index contributed by atoms with van der Waals surface area (Å²) >= 11 is 6.46. The molecule has 3 aromatic carbocycles. The van der Waals surface area contributed by atoms with Gasteiger partial charge in [0.15, 0.2) is 11.5 Å². The van der Waals surface area contributed by atoms with E-state index in [2.05, 4.69) is 20.5 Å². The van der Waals surface area contributed by atoms with Gasteiger partial charge in [-0.05, 0) is 66.2 Å². The van der Waals surface area contributed by atoms with Crippen LogP contribution in [0.15, 0.2) is 108 Å². The first-order valence-corrected chi connectivity index (χ1v) is 10.8. The zero-order valence-corrected chi connectivity index (χ0v) is 18.3. The molecule has 5 aromatic rings. The van der Waals surface area contributed by atoms with E-state index < -0.39 is 0 Å². The number of rotatable bonds is 6. The van der Waals surface area contributed by atoms with Gasteiger partial charge in [0.25, 0.3) is 0 Å². The number of hydrogen-bond acceptors (Lipinski definition) is 5. The van der Waals surface area contributed by atoms with Crippen LogP contribution in [0, 0.1) is 0 Å². The lowest BCUT2D eigenvalue weighted by atomic mass is 10.1. The van der Waals surface area contributed by atoms with Gasteiger partial charge in [-0.1, -0.05) is 48.0 Å². The van der Waals surface area contributed by atoms with Crippen LogP contribution in [-0.4, -0.2) is 16.2 Å². The number of hydrazone groups is 1. The lowest BCUT2D eigenvalue weighted by Crippen LogP contribution is -1.98. The Hall–Kier alpha value is -4.22. The summed E-state index contributed by atoms with van der Waals surface area (Å²) in [7, 11) is 0. The molecular weight excluding hydrogens is 432 g/mol. The Balaban J connectivity index is 1.39. The van der Waals surface area contributed by atoms with Crippen molar-refractivity contribution in [1.29, 1.82) is 0 Å². The van der Waals surface area contributed by atoms with Crippen LogP contribution in [0.2, 0.25) is 5.02 Å². The fourth-order valence-electron chi connectivity index (χ4n) is 3.39. The van der Waals surface area contributed by atoms with Crippen molar-refractivity contribution in [3.05, 3.63) is 114 Å². The third kappa shape index (κ3) is 4.84. The Morgan fingerprint density at radius 3 is 2.36 bits per heavy atom. The lowest BCUT2D eigenvalue weighted by molar-refractivity contribution is 0.482. The normalized spacial score (nSPS) is 11.1. The standard InChI is InChI=1S/C27H19ClN4O/c28-25-11-5-4-10-23(25)24-17-20-7-6-16-29-26(20)31-27(24)32-30-18-19-12-14-22(15-13-19)33-21-8-2-1-3-9-21/h1-18H,(H,29,31,32)/b30-18+. The van der Waals surface area contributed by atoms with E-state index in [0.29, 0.717) is 16.5 Å². The van der Waals surface area contributed by atoms with Gasteiger partial charge in [-0.3, -0.25) is 5.43 Å². The van der Waals surface area contributed by atoms with Crippen LogP contribution in [0.5, 0.6) is 11.5 Å². The summed E-state index contributed by atoms with van der Waals surface area (Å²) in [5.74, 6) is 2.13. The first-order valence-electron chi connectivity index (χ1n) is 10.4. The minimum atomic E-state index is 0.578. The molecule has 160 valence electrons. The van der Waals surface area contributed by atoms with Crippen molar-refractivity contribution in [3.8, 4) is 22.6 Å². The molecule has 1 N–H and O–H groups in total. The van der Waals surface area contributed by atoms with Gasteiger partial charge in [0.2, 0.25) is 0 Å². The zero-order valence-electron chi connectivity index (χ0n) is 17.5. The maximum atomic E-state index is 6.46. The van der Waals surface area contributed by atoms with Gasteiger partial charge in [0, 0.05) is 27.7 Å². The molecule has 0 spiro atoms. The lowest BCUT2D eigenvalue weighted by Gasteiger charge is -2.11. The van der Waals surface area contributed by atoms with Gasteiger partial charge in [-0.2, -0.15) is 5.10 Å². The number of anilines is 1. The first-order chi connectivity index (χ1) is 16.3. The van der Waals surface area contributed by atoms with Gasteiger partial charge in [-0.15, -0.1) is 0 Å². The van der Waals surface area contributed by atoms with Crippen molar-refractivity contribution in [2.75, 3.05) is 5.43 Å². The molecule has 0 amide bonds. The van der Waals surface area contributed by atoms with E-state index in [9.17, 15) is 0 Å². The van der Waals surface area contributed by atoms with Crippen molar-refractivity contribution in [2.24, 2.45) is 5.10 Å². The molecule has 0 saturated heterocycles. The summed E-state index contributed by atoms with van der Waals surface area (Å²) in [5.41, 5.74) is 6.34. The van der Waals surface area contributed by atoms with E-state index in [0.717, 1.165) is 33.6 Å². The van der Waals surface area contributed by atoms with E-state index in [1.807, 2.05) is 97.1 Å². The number of pyridine rings is 2. The number of hydrogen-bond donors (Lipinski definition) is 1. The van der Waals surface area contributed by atoms with Crippen LogP contribution < -0.4 is 10.2 Å². The van der Waals surface area contributed by atoms with E-state index in [4.69, 9.17) is 16.3 Å². The second-order valence-electron chi connectivity index (χ2n) is 7.27. The van der Waals surface area contributed by atoms with Crippen LogP contribution in [-0.2, 0) is 0 Å². The largest absolute Gasteiger partial charge is 0.457 e. The van der Waals surface area contributed by atoms with Crippen LogP contribution in [0.1, 0.15) is 5.56 Å². The summed E-state index contributed by atoms with van der Waals surface area (Å²) in [6, 6.07) is 30.9. The minimum Gasteiger partial charge on any atom is -0.457 e. The van der Waals surface area contributed by atoms with Crippen molar-refractivity contribution in [2.45, 2.75) is 0 Å². The second-order valence-corrected chi connectivity index (χ2v) is 7.68. The Labute approximate surface area is 196 Å². The van der Waals surface area contributed by atoms with Gasteiger partial charge in [0.1, 0.15) is 11.5 Å². The SMILES string of the molecule is Clc1ccccc1-c1cc2cccnc2nc1N/N=C/c1ccc(Oc2ccccc2)cc1. The molecule has 2 heterocycles. The number of aromatic nitrogens is 2. The molecule has 2 aromatic heterocycles. The molecule has 0 aliphatic heterocycles. The number of nitrogens with zero attached hydrogens (tertiary/aromatic N) is 3. The second kappa shape index (κ2) is 9.51. The fourth-order valence-corrected chi connectivity index (χ4v) is 3.63. The Morgan fingerprint density at radius 2 is 1.55 bits per heavy atom. The molecule has 0 bridgehead atoms. The van der Waals surface area contributed by atoms with Crippen molar-refractivity contribution in [3.63, 3.8) is 0 Å². The van der Waals surface area contributed by atoms with Crippen molar-refractivity contribution in [1.82, 2.24) is 9.97 Å². The highest BCUT2D eigenvalue weighted by atomic mass is 35.5. The highest BCUT2D eigenvalue weighted by molar-refractivity contribution is 6.33. The van der Waals surface area contributed by atoms with Crippen molar-refractivity contribution >= 4 is 34.7 Å². The number of halogens is 1. The molecule has 0 atom stereocenters. The van der Waals surface area contributed by atoms with E-state index >= 15 is 0 Å². The molecule has 0 aliphatic rings. The molecule has 5 rings (SSSR count).